The minimum absolute atomic E-state index is 0.169. The summed E-state index contributed by atoms with van der Waals surface area (Å²) in [6.07, 6.45) is 2.91. The van der Waals surface area contributed by atoms with Crippen LogP contribution in [0, 0.1) is 6.92 Å². The summed E-state index contributed by atoms with van der Waals surface area (Å²) in [7, 11) is 0. The van der Waals surface area contributed by atoms with Crippen molar-refractivity contribution < 1.29 is 9.53 Å². The second kappa shape index (κ2) is 4.24. The molecule has 1 aliphatic rings. The molecule has 76 valence electrons. The van der Waals surface area contributed by atoms with E-state index in [2.05, 4.69) is 0 Å². The molecule has 1 unspecified atom stereocenters. The SMILES string of the molecule is Cc1ccc(C(=O)C2CCCCO2)s1. The predicted octanol–water partition coefficient (Wildman–Crippen LogP) is 2.81. The number of carbonyl (C=O) groups excluding carboxylic acids is 1. The van der Waals surface area contributed by atoms with Gasteiger partial charge in [-0.15, -0.1) is 11.3 Å². The molecule has 0 radical (unpaired) electrons. The zero-order valence-corrected chi connectivity index (χ0v) is 9.10. The minimum atomic E-state index is -0.179. The molecular weight excluding hydrogens is 196 g/mol. The quantitative estimate of drug-likeness (QED) is 0.702. The third-order valence-electron chi connectivity index (χ3n) is 2.46. The van der Waals surface area contributed by atoms with Crippen LogP contribution in [0.4, 0.5) is 0 Å². The topological polar surface area (TPSA) is 26.3 Å². The lowest BCUT2D eigenvalue weighted by Crippen LogP contribution is -2.27. The van der Waals surface area contributed by atoms with Crippen LogP contribution in [-0.2, 0) is 4.74 Å². The van der Waals surface area contributed by atoms with E-state index in [9.17, 15) is 4.79 Å². The van der Waals surface area contributed by atoms with Crippen LogP contribution in [0.3, 0.4) is 0 Å². The Bertz CT molecular complexity index is 324. The number of hydrogen-bond acceptors (Lipinski definition) is 3. The molecule has 1 atom stereocenters. The molecule has 0 aliphatic carbocycles. The van der Waals surface area contributed by atoms with E-state index in [-0.39, 0.29) is 11.9 Å². The van der Waals surface area contributed by atoms with Gasteiger partial charge >= 0.3 is 0 Å². The molecule has 0 bridgehead atoms. The number of Topliss-reactive ketones (excluding diaryl/α,β-unsaturated/α-hetero) is 1. The summed E-state index contributed by atoms with van der Waals surface area (Å²) in [5.74, 6) is 0.169. The number of ketones is 1. The number of thiophene rings is 1. The van der Waals surface area contributed by atoms with E-state index in [4.69, 9.17) is 4.74 Å². The summed E-state index contributed by atoms with van der Waals surface area (Å²) in [5, 5.41) is 0. The first-order chi connectivity index (χ1) is 6.77. The fourth-order valence-corrected chi connectivity index (χ4v) is 2.52. The van der Waals surface area contributed by atoms with Crippen molar-refractivity contribution >= 4 is 17.1 Å². The summed E-state index contributed by atoms with van der Waals surface area (Å²) in [6, 6.07) is 3.89. The highest BCUT2D eigenvalue weighted by molar-refractivity contribution is 7.14. The molecular formula is C11H14O2S. The molecule has 2 rings (SSSR count). The molecule has 0 aromatic carbocycles. The van der Waals surface area contributed by atoms with E-state index in [1.807, 2.05) is 19.1 Å². The zero-order valence-electron chi connectivity index (χ0n) is 8.29. The Morgan fingerprint density at radius 3 is 2.93 bits per heavy atom. The maximum Gasteiger partial charge on any atom is 0.201 e. The van der Waals surface area contributed by atoms with Crippen LogP contribution in [-0.4, -0.2) is 18.5 Å². The van der Waals surface area contributed by atoms with Gasteiger partial charge in [-0.3, -0.25) is 4.79 Å². The first kappa shape index (κ1) is 9.87. The Morgan fingerprint density at radius 2 is 2.36 bits per heavy atom. The molecule has 2 heterocycles. The fourth-order valence-electron chi connectivity index (χ4n) is 1.67. The molecule has 0 amide bonds. The average molecular weight is 210 g/mol. The number of ether oxygens (including phenoxy) is 1. The number of hydrogen-bond donors (Lipinski definition) is 0. The van der Waals surface area contributed by atoms with Gasteiger partial charge in [-0.2, -0.15) is 0 Å². The first-order valence-corrected chi connectivity index (χ1v) is 5.81. The van der Waals surface area contributed by atoms with Gasteiger partial charge in [0.2, 0.25) is 5.78 Å². The van der Waals surface area contributed by atoms with Gasteiger partial charge in [0.25, 0.3) is 0 Å². The Hall–Kier alpha value is -0.670. The third-order valence-corrected chi connectivity index (χ3v) is 3.47. The standard InChI is InChI=1S/C11H14O2S/c1-8-5-6-10(14-8)11(12)9-4-2-3-7-13-9/h5-6,9H,2-4,7H2,1H3. The summed E-state index contributed by atoms with van der Waals surface area (Å²) >= 11 is 1.56. The lowest BCUT2D eigenvalue weighted by Gasteiger charge is -2.20. The molecule has 1 aromatic rings. The first-order valence-electron chi connectivity index (χ1n) is 4.99. The lowest BCUT2D eigenvalue weighted by atomic mass is 10.0. The monoisotopic (exact) mass is 210 g/mol. The van der Waals surface area contributed by atoms with Crippen molar-refractivity contribution in [1.29, 1.82) is 0 Å². The third kappa shape index (κ3) is 2.04. The van der Waals surface area contributed by atoms with Gasteiger partial charge in [0.15, 0.2) is 0 Å². The predicted molar refractivity (Wildman–Crippen MR) is 57.0 cm³/mol. The molecule has 0 N–H and O–H groups in total. The van der Waals surface area contributed by atoms with Crippen molar-refractivity contribution in [3.05, 3.63) is 21.9 Å². The summed E-state index contributed by atoms with van der Waals surface area (Å²) in [4.78, 5) is 13.9. The maximum absolute atomic E-state index is 11.9. The molecule has 1 fully saturated rings. The molecule has 14 heavy (non-hydrogen) atoms. The molecule has 0 saturated carbocycles. The van der Waals surface area contributed by atoms with Gasteiger partial charge in [0, 0.05) is 11.5 Å². The van der Waals surface area contributed by atoms with Crippen molar-refractivity contribution in [2.75, 3.05) is 6.61 Å². The minimum Gasteiger partial charge on any atom is -0.370 e. The van der Waals surface area contributed by atoms with E-state index >= 15 is 0 Å². The molecule has 0 spiro atoms. The zero-order chi connectivity index (χ0) is 9.97. The van der Waals surface area contributed by atoms with Gasteiger partial charge in [-0.05, 0) is 38.3 Å². The molecule has 2 nitrogen and oxygen atoms in total. The number of rotatable bonds is 2. The van der Waals surface area contributed by atoms with E-state index in [1.54, 1.807) is 11.3 Å². The van der Waals surface area contributed by atoms with E-state index < -0.39 is 0 Å². The maximum atomic E-state index is 11.9. The van der Waals surface area contributed by atoms with Crippen molar-refractivity contribution in [2.24, 2.45) is 0 Å². The van der Waals surface area contributed by atoms with Crippen molar-refractivity contribution in [3.63, 3.8) is 0 Å². The summed E-state index contributed by atoms with van der Waals surface area (Å²) in [5.41, 5.74) is 0. The molecule has 3 heteroatoms. The van der Waals surface area contributed by atoms with Gasteiger partial charge in [-0.1, -0.05) is 0 Å². The van der Waals surface area contributed by atoms with Crippen molar-refractivity contribution in [1.82, 2.24) is 0 Å². The van der Waals surface area contributed by atoms with Crippen molar-refractivity contribution in [2.45, 2.75) is 32.3 Å². The number of aryl methyl sites for hydroxylation is 1. The Morgan fingerprint density at radius 1 is 1.50 bits per heavy atom. The van der Waals surface area contributed by atoms with Crippen LogP contribution in [0.25, 0.3) is 0 Å². The van der Waals surface area contributed by atoms with Gasteiger partial charge in [0.1, 0.15) is 6.10 Å². The van der Waals surface area contributed by atoms with E-state index in [0.29, 0.717) is 0 Å². The second-order valence-electron chi connectivity index (χ2n) is 3.63. The fraction of sp³-hybridized carbons (Fsp3) is 0.545. The highest BCUT2D eigenvalue weighted by Crippen LogP contribution is 2.22. The largest absolute Gasteiger partial charge is 0.370 e. The van der Waals surface area contributed by atoms with Gasteiger partial charge in [-0.25, -0.2) is 0 Å². The highest BCUT2D eigenvalue weighted by atomic mass is 32.1. The Labute approximate surface area is 87.9 Å². The van der Waals surface area contributed by atoms with Gasteiger partial charge in [0.05, 0.1) is 4.88 Å². The van der Waals surface area contributed by atoms with E-state index in [0.717, 1.165) is 30.7 Å². The summed E-state index contributed by atoms with van der Waals surface area (Å²) < 4.78 is 5.46. The smallest absolute Gasteiger partial charge is 0.201 e. The van der Waals surface area contributed by atoms with Crippen LogP contribution >= 0.6 is 11.3 Å². The normalized spacial score (nSPS) is 22.2. The van der Waals surface area contributed by atoms with Crippen LogP contribution in [0.15, 0.2) is 12.1 Å². The Balaban J connectivity index is 2.07. The molecule has 1 aromatic heterocycles. The second-order valence-corrected chi connectivity index (χ2v) is 4.92. The van der Waals surface area contributed by atoms with Crippen molar-refractivity contribution in [3.8, 4) is 0 Å². The van der Waals surface area contributed by atoms with E-state index in [1.165, 1.54) is 4.88 Å². The Kier molecular flexibility index (Phi) is 2.99. The number of carbonyl (C=O) groups is 1. The average Bonchev–Trinajstić information content (AvgIpc) is 2.65. The lowest BCUT2D eigenvalue weighted by molar-refractivity contribution is 0.0189. The van der Waals surface area contributed by atoms with Crippen LogP contribution in [0.5, 0.6) is 0 Å². The molecule has 1 saturated heterocycles. The summed E-state index contributed by atoms with van der Waals surface area (Å²) in [6.45, 7) is 2.75. The van der Waals surface area contributed by atoms with Crippen LogP contribution in [0.1, 0.15) is 33.8 Å². The van der Waals surface area contributed by atoms with Crippen LogP contribution < -0.4 is 0 Å². The van der Waals surface area contributed by atoms with Gasteiger partial charge < -0.3 is 4.74 Å². The highest BCUT2D eigenvalue weighted by Gasteiger charge is 2.23. The molecule has 1 aliphatic heterocycles. The van der Waals surface area contributed by atoms with Crippen LogP contribution in [0.2, 0.25) is 0 Å².